The normalized spacial score (nSPS) is 13.2. The first kappa shape index (κ1) is 28.5. The van der Waals surface area contributed by atoms with E-state index in [1.807, 2.05) is 12.1 Å². The highest BCUT2D eigenvalue weighted by Gasteiger charge is 2.43. The van der Waals surface area contributed by atoms with Crippen LogP contribution in [0.2, 0.25) is 0 Å². The molecule has 0 bridgehead atoms. The fraction of sp³-hybridized carbons (Fsp3) is 0.0213. The predicted molar refractivity (Wildman–Crippen MR) is 214 cm³/mol. The molecule has 9 aromatic rings. The zero-order chi connectivity index (χ0) is 33.8. The number of nitrogens with zero attached hydrogens (tertiary/aromatic N) is 2. The Balaban J connectivity index is 1.26. The molecule has 2 nitrogen and oxygen atoms in total. The van der Waals surface area contributed by atoms with E-state index in [1.54, 1.807) is 12.1 Å². The van der Waals surface area contributed by atoms with Crippen LogP contribution in [0.4, 0.5) is 38.5 Å². The summed E-state index contributed by atoms with van der Waals surface area (Å²) in [7, 11) is 0. The van der Waals surface area contributed by atoms with E-state index in [-0.39, 0.29) is 12.5 Å². The number of anilines is 6. The smallest absolute Gasteiger partial charge is 0.252 e. The number of hydrogen-bond acceptors (Lipinski definition) is 2. The first-order chi connectivity index (χ1) is 25.1. The van der Waals surface area contributed by atoms with E-state index in [0.717, 1.165) is 33.9 Å². The maximum atomic E-state index is 16.1. The SMILES string of the molecule is Cc1ccc2c(c1)N(c1ccccc1)c1cc(-c3cc4ccc5cccc6ccc(c3)c4c56)cc3c1B2c1ccccc1N3c1ccccc1F. The molecular weight excluding hydrogens is 622 g/mol. The predicted octanol–water partition coefficient (Wildman–Crippen LogP) is 10.8. The zero-order valence-corrected chi connectivity index (χ0v) is 27.9. The van der Waals surface area contributed by atoms with Gasteiger partial charge >= 0.3 is 0 Å². The van der Waals surface area contributed by atoms with E-state index in [4.69, 9.17) is 0 Å². The molecule has 0 radical (unpaired) electrons. The van der Waals surface area contributed by atoms with Gasteiger partial charge in [-0.1, -0.05) is 103 Å². The van der Waals surface area contributed by atoms with Gasteiger partial charge in [0.1, 0.15) is 5.82 Å². The van der Waals surface area contributed by atoms with E-state index in [9.17, 15) is 0 Å². The van der Waals surface area contributed by atoms with Crippen LogP contribution in [-0.2, 0) is 0 Å². The lowest BCUT2D eigenvalue weighted by Crippen LogP contribution is -2.61. The molecule has 2 aliphatic rings. The molecule has 4 heteroatoms. The Labute approximate surface area is 296 Å². The minimum Gasteiger partial charge on any atom is -0.311 e. The van der Waals surface area contributed by atoms with Gasteiger partial charge in [0.05, 0.1) is 5.69 Å². The molecule has 0 fully saturated rings. The van der Waals surface area contributed by atoms with Crippen molar-refractivity contribution in [3.8, 4) is 11.1 Å². The van der Waals surface area contributed by atoms with Crippen LogP contribution in [0.3, 0.4) is 0 Å². The Kier molecular flexibility index (Phi) is 5.89. The van der Waals surface area contributed by atoms with Gasteiger partial charge in [0.25, 0.3) is 6.71 Å². The topological polar surface area (TPSA) is 6.48 Å². The molecule has 0 atom stereocenters. The summed E-state index contributed by atoms with van der Waals surface area (Å²) < 4.78 is 16.1. The van der Waals surface area contributed by atoms with Crippen molar-refractivity contribution in [2.75, 3.05) is 9.80 Å². The standard InChI is InChI=1S/C47H30BFN2/c1-29-18-23-38-42(24-29)50(36-12-3-2-4-13-36)43-27-35(34-25-32-21-19-30-10-9-11-31-20-22-33(26-34)46(32)45(30)31)28-44-47(43)48(38)37-14-5-7-16-40(37)51(44)41-17-8-6-15-39(41)49/h2-28H,1H3. The van der Waals surface area contributed by atoms with Crippen molar-refractivity contribution in [1.29, 1.82) is 0 Å². The summed E-state index contributed by atoms with van der Waals surface area (Å²) in [6.07, 6.45) is 0. The number of benzene rings is 9. The molecule has 0 spiro atoms. The largest absolute Gasteiger partial charge is 0.311 e. The van der Waals surface area contributed by atoms with Crippen LogP contribution in [0, 0.1) is 12.7 Å². The van der Waals surface area contributed by atoms with Crippen molar-refractivity contribution in [3.05, 3.63) is 175 Å². The van der Waals surface area contributed by atoms with Crippen molar-refractivity contribution in [3.63, 3.8) is 0 Å². The molecule has 2 heterocycles. The average Bonchev–Trinajstić information content (AvgIpc) is 3.17. The Morgan fingerprint density at radius 3 is 1.76 bits per heavy atom. The summed E-state index contributed by atoms with van der Waals surface area (Å²) in [4.78, 5) is 4.57. The maximum Gasteiger partial charge on any atom is 0.252 e. The summed E-state index contributed by atoms with van der Waals surface area (Å²) in [5.41, 5.74) is 12.9. The van der Waals surface area contributed by atoms with Gasteiger partial charge < -0.3 is 9.80 Å². The summed E-state index contributed by atoms with van der Waals surface area (Å²) in [6, 6.07) is 58.0. The van der Waals surface area contributed by atoms with Crippen LogP contribution in [0.1, 0.15) is 5.56 Å². The summed E-state index contributed by atoms with van der Waals surface area (Å²) in [5.74, 6) is -0.250. The summed E-state index contributed by atoms with van der Waals surface area (Å²) >= 11 is 0. The lowest BCUT2D eigenvalue weighted by Gasteiger charge is -2.44. The zero-order valence-electron chi connectivity index (χ0n) is 27.9. The molecule has 0 saturated carbocycles. The molecule has 51 heavy (non-hydrogen) atoms. The monoisotopic (exact) mass is 652 g/mol. The molecule has 0 unspecified atom stereocenters. The molecule has 0 saturated heterocycles. The molecule has 0 N–H and O–H groups in total. The van der Waals surface area contributed by atoms with Crippen molar-refractivity contribution in [2.24, 2.45) is 0 Å². The summed E-state index contributed by atoms with van der Waals surface area (Å²) in [5, 5.41) is 7.56. The highest BCUT2D eigenvalue weighted by molar-refractivity contribution is 7.00. The van der Waals surface area contributed by atoms with Gasteiger partial charge in [-0.25, -0.2) is 4.39 Å². The maximum absolute atomic E-state index is 16.1. The van der Waals surface area contributed by atoms with Gasteiger partial charge in [-0.15, -0.1) is 0 Å². The quantitative estimate of drug-likeness (QED) is 0.138. The average molecular weight is 653 g/mol. The van der Waals surface area contributed by atoms with E-state index in [2.05, 4.69) is 156 Å². The van der Waals surface area contributed by atoms with Crippen molar-refractivity contribution >= 4 is 89.5 Å². The first-order valence-electron chi connectivity index (χ1n) is 17.6. The van der Waals surface area contributed by atoms with Crippen molar-refractivity contribution in [1.82, 2.24) is 0 Å². The Bertz CT molecular complexity index is 2800. The van der Waals surface area contributed by atoms with Gasteiger partial charge in [0.15, 0.2) is 0 Å². The fourth-order valence-corrected chi connectivity index (χ4v) is 8.89. The first-order valence-corrected chi connectivity index (χ1v) is 17.6. The lowest BCUT2D eigenvalue weighted by atomic mass is 9.33. The van der Waals surface area contributed by atoms with E-state index in [0.29, 0.717) is 5.69 Å². The van der Waals surface area contributed by atoms with Crippen LogP contribution in [0.5, 0.6) is 0 Å². The van der Waals surface area contributed by atoms with Crippen LogP contribution in [-0.4, -0.2) is 6.71 Å². The molecule has 9 aromatic carbocycles. The Morgan fingerprint density at radius 1 is 0.431 bits per heavy atom. The van der Waals surface area contributed by atoms with Gasteiger partial charge in [-0.05, 0) is 133 Å². The number of rotatable bonds is 3. The second-order valence-electron chi connectivity index (χ2n) is 13.9. The second kappa shape index (κ2) is 10.6. The minimum atomic E-state index is -0.250. The third-order valence-electron chi connectivity index (χ3n) is 11.0. The lowest BCUT2D eigenvalue weighted by molar-refractivity contribution is 0.629. The highest BCUT2D eigenvalue weighted by atomic mass is 19.1. The molecular formula is C47H30BFN2. The van der Waals surface area contributed by atoms with Crippen molar-refractivity contribution < 1.29 is 4.39 Å². The number of para-hydroxylation sites is 3. The van der Waals surface area contributed by atoms with Crippen LogP contribution in [0.25, 0.3) is 43.4 Å². The third kappa shape index (κ3) is 4.05. The molecule has 238 valence electrons. The molecule has 2 aliphatic heterocycles. The molecule has 11 rings (SSSR count). The number of hydrogen-bond donors (Lipinski definition) is 0. The molecule has 0 amide bonds. The van der Waals surface area contributed by atoms with E-state index < -0.39 is 0 Å². The van der Waals surface area contributed by atoms with Crippen LogP contribution in [0.15, 0.2) is 164 Å². The number of halogens is 1. The summed E-state index contributed by atoms with van der Waals surface area (Å²) in [6.45, 7) is 2.14. The van der Waals surface area contributed by atoms with Crippen LogP contribution < -0.4 is 26.2 Å². The van der Waals surface area contributed by atoms with Gasteiger partial charge in [-0.2, -0.15) is 0 Å². The van der Waals surface area contributed by atoms with E-state index >= 15 is 4.39 Å². The van der Waals surface area contributed by atoms with Gasteiger partial charge in [-0.3, -0.25) is 0 Å². The number of fused-ring (bicyclic) bond motifs is 4. The molecule has 0 aromatic heterocycles. The number of aryl methyl sites for hydroxylation is 1. The highest BCUT2D eigenvalue weighted by Crippen LogP contribution is 2.47. The Hall–Kier alpha value is -6.39. The third-order valence-corrected chi connectivity index (χ3v) is 11.0. The van der Waals surface area contributed by atoms with Gasteiger partial charge in [0, 0.05) is 28.4 Å². The van der Waals surface area contributed by atoms with Crippen LogP contribution >= 0.6 is 0 Å². The fourth-order valence-electron chi connectivity index (χ4n) is 8.89. The molecule has 0 aliphatic carbocycles. The second-order valence-corrected chi connectivity index (χ2v) is 13.9. The van der Waals surface area contributed by atoms with E-state index in [1.165, 1.54) is 60.0 Å². The van der Waals surface area contributed by atoms with Gasteiger partial charge in [0.2, 0.25) is 0 Å². The van der Waals surface area contributed by atoms with Crippen molar-refractivity contribution in [2.45, 2.75) is 6.92 Å². The minimum absolute atomic E-state index is 0.0238. The Morgan fingerprint density at radius 2 is 1.02 bits per heavy atom.